The van der Waals surface area contributed by atoms with Crippen molar-refractivity contribution in [1.29, 1.82) is 0 Å². The summed E-state index contributed by atoms with van der Waals surface area (Å²) in [4.78, 5) is 4.51. The number of nitrogens with two attached hydrogens (primary N) is 1. The molecule has 0 heterocycles. The van der Waals surface area contributed by atoms with Crippen LogP contribution in [0.25, 0.3) is 0 Å². The first kappa shape index (κ1) is 13.5. The minimum atomic E-state index is -0.248. The van der Waals surface area contributed by atoms with E-state index in [0.717, 1.165) is 31.8 Å². The second kappa shape index (κ2) is 6.24. The third-order valence-corrected chi connectivity index (χ3v) is 3.18. The zero-order valence-electron chi connectivity index (χ0n) is 11.0. The minimum Gasteiger partial charge on any atom is -0.385 e. The van der Waals surface area contributed by atoms with Crippen LogP contribution in [-0.4, -0.2) is 24.6 Å². The van der Waals surface area contributed by atoms with Crippen molar-refractivity contribution in [2.45, 2.75) is 58.5 Å². The lowest BCUT2D eigenvalue weighted by Gasteiger charge is -2.36. The van der Waals surface area contributed by atoms with Gasteiger partial charge in [-0.15, -0.1) is 0 Å². The fourth-order valence-electron chi connectivity index (χ4n) is 2.30. The summed E-state index contributed by atoms with van der Waals surface area (Å²) >= 11 is 0. The molecule has 2 N–H and O–H groups in total. The number of rotatable bonds is 5. The smallest absolute Gasteiger partial charge is 0.126 e. The fourth-order valence-corrected chi connectivity index (χ4v) is 2.30. The van der Waals surface area contributed by atoms with Crippen molar-refractivity contribution in [3.63, 3.8) is 0 Å². The Balaban J connectivity index is 2.70. The van der Waals surface area contributed by atoms with Crippen LogP contribution in [-0.2, 0) is 4.74 Å². The van der Waals surface area contributed by atoms with Gasteiger partial charge < -0.3 is 10.5 Å². The Morgan fingerprint density at radius 2 is 1.94 bits per heavy atom. The van der Waals surface area contributed by atoms with Gasteiger partial charge in [-0.1, -0.05) is 33.1 Å². The van der Waals surface area contributed by atoms with Crippen molar-refractivity contribution in [2.75, 3.05) is 13.2 Å². The van der Waals surface area contributed by atoms with Gasteiger partial charge in [-0.25, -0.2) is 0 Å². The highest BCUT2D eigenvalue weighted by molar-refractivity contribution is 5.89. The molecule has 0 bridgehead atoms. The summed E-state index contributed by atoms with van der Waals surface area (Å²) in [5.41, 5.74) is 5.89. The van der Waals surface area contributed by atoms with Gasteiger partial charge in [0, 0.05) is 13.2 Å². The molecule has 16 heavy (non-hydrogen) atoms. The van der Waals surface area contributed by atoms with E-state index in [4.69, 9.17) is 10.5 Å². The Hall–Kier alpha value is -0.570. The highest BCUT2D eigenvalue weighted by atomic mass is 16.5. The van der Waals surface area contributed by atoms with Crippen LogP contribution in [0.5, 0.6) is 0 Å². The maximum absolute atomic E-state index is 6.14. The lowest BCUT2D eigenvalue weighted by molar-refractivity contribution is -0.0120. The van der Waals surface area contributed by atoms with Crippen LogP contribution >= 0.6 is 0 Å². The van der Waals surface area contributed by atoms with Crippen LogP contribution in [0.15, 0.2) is 4.99 Å². The summed E-state index contributed by atoms with van der Waals surface area (Å²) < 4.78 is 5.91. The second-order valence-electron chi connectivity index (χ2n) is 5.11. The summed E-state index contributed by atoms with van der Waals surface area (Å²) in [5.74, 6) is 1.28. The SMILES string of the molecule is CCOC1(C(N)=NCC(C)C)CCCCC1. The first-order valence-electron chi connectivity index (χ1n) is 6.55. The van der Waals surface area contributed by atoms with E-state index in [1.165, 1.54) is 19.3 Å². The standard InChI is InChI=1S/C13H26N2O/c1-4-16-13(8-6-5-7-9-13)12(14)15-10-11(2)3/h11H,4-10H2,1-3H3,(H2,14,15). The monoisotopic (exact) mass is 226 g/mol. The number of ether oxygens (including phenoxy) is 1. The molecule has 0 amide bonds. The van der Waals surface area contributed by atoms with Gasteiger partial charge in [0.25, 0.3) is 0 Å². The molecule has 0 aromatic heterocycles. The average Bonchev–Trinajstić information content (AvgIpc) is 2.27. The predicted octanol–water partition coefficient (Wildman–Crippen LogP) is 2.74. The van der Waals surface area contributed by atoms with E-state index in [2.05, 4.69) is 18.8 Å². The molecule has 94 valence electrons. The molecule has 1 saturated carbocycles. The molecule has 1 rings (SSSR count). The Kier molecular flexibility index (Phi) is 5.26. The minimum absolute atomic E-state index is 0.248. The van der Waals surface area contributed by atoms with Crippen LogP contribution in [0.2, 0.25) is 0 Å². The van der Waals surface area contributed by atoms with Gasteiger partial charge in [0.05, 0.1) is 0 Å². The highest BCUT2D eigenvalue weighted by Gasteiger charge is 2.36. The molecule has 3 heteroatoms. The Bertz CT molecular complexity index is 225. The van der Waals surface area contributed by atoms with Crippen molar-refractivity contribution in [2.24, 2.45) is 16.6 Å². The number of nitrogens with zero attached hydrogens (tertiary/aromatic N) is 1. The highest BCUT2D eigenvalue weighted by Crippen LogP contribution is 2.31. The van der Waals surface area contributed by atoms with Crippen molar-refractivity contribution < 1.29 is 4.74 Å². The van der Waals surface area contributed by atoms with Gasteiger partial charge in [0.1, 0.15) is 11.4 Å². The van der Waals surface area contributed by atoms with Crippen LogP contribution < -0.4 is 5.73 Å². The van der Waals surface area contributed by atoms with E-state index in [-0.39, 0.29) is 5.60 Å². The Labute approximate surface area is 99.5 Å². The number of amidine groups is 1. The lowest BCUT2D eigenvalue weighted by atomic mass is 9.83. The van der Waals surface area contributed by atoms with E-state index >= 15 is 0 Å². The van der Waals surface area contributed by atoms with Gasteiger partial charge in [-0.05, 0) is 25.7 Å². The third-order valence-electron chi connectivity index (χ3n) is 3.18. The second-order valence-corrected chi connectivity index (χ2v) is 5.11. The van der Waals surface area contributed by atoms with Gasteiger partial charge >= 0.3 is 0 Å². The Morgan fingerprint density at radius 3 is 2.44 bits per heavy atom. The molecule has 0 aromatic rings. The molecule has 0 aliphatic heterocycles. The van der Waals surface area contributed by atoms with Crippen molar-refractivity contribution in [3.05, 3.63) is 0 Å². The summed E-state index contributed by atoms with van der Waals surface area (Å²) in [6.45, 7) is 7.88. The molecule has 3 nitrogen and oxygen atoms in total. The molecule has 1 fully saturated rings. The zero-order chi connectivity index (χ0) is 12.0. The Morgan fingerprint density at radius 1 is 1.31 bits per heavy atom. The molecule has 1 aliphatic carbocycles. The van der Waals surface area contributed by atoms with Gasteiger partial charge in [-0.3, -0.25) is 4.99 Å². The molecule has 0 spiro atoms. The maximum Gasteiger partial charge on any atom is 0.126 e. The number of hydrogen-bond donors (Lipinski definition) is 1. The van der Waals surface area contributed by atoms with Crippen LogP contribution in [0.1, 0.15) is 52.9 Å². The molecule has 0 saturated heterocycles. The summed E-state index contributed by atoms with van der Waals surface area (Å²) in [6, 6.07) is 0. The zero-order valence-corrected chi connectivity index (χ0v) is 11.0. The maximum atomic E-state index is 6.14. The summed E-state index contributed by atoms with van der Waals surface area (Å²) in [5, 5.41) is 0. The van der Waals surface area contributed by atoms with Gasteiger partial charge in [-0.2, -0.15) is 0 Å². The molecule has 0 aromatic carbocycles. The molecule has 1 aliphatic rings. The van der Waals surface area contributed by atoms with E-state index < -0.39 is 0 Å². The number of hydrogen-bond acceptors (Lipinski definition) is 2. The molecule has 0 unspecified atom stereocenters. The van der Waals surface area contributed by atoms with Crippen LogP contribution in [0.3, 0.4) is 0 Å². The normalized spacial score (nSPS) is 21.4. The van der Waals surface area contributed by atoms with Crippen molar-refractivity contribution in [1.82, 2.24) is 0 Å². The first-order valence-corrected chi connectivity index (χ1v) is 6.55. The topological polar surface area (TPSA) is 47.6 Å². The largest absolute Gasteiger partial charge is 0.385 e. The predicted molar refractivity (Wildman–Crippen MR) is 68.8 cm³/mol. The van der Waals surface area contributed by atoms with E-state index in [1.54, 1.807) is 0 Å². The number of aliphatic imine (C=N–C) groups is 1. The van der Waals surface area contributed by atoms with Gasteiger partial charge in [0.15, 0.2) is 0 Å². The van der Waals surface area contributed by atoms with Crippen LogP contribution in [0.4, 0.5) is 0 Å². The van der Waals surface area contributed by atoms with E-state index in [0.29, 0.717) is 5.92 Å². The summed E-state index contributed by atoms with van der Waals surface area (Å²) in [6.07, 6.45) is 5.78. The summed E-state index contributed by atoms with van der Waals surface area (Å²) in [7, 11) is 0. The van der Waals surface area contributed by atoms with Crippen molar-refractivity contribution in [3.8, 4) is 0 Å². The van der Waals surface area contributed by atoms with Crippen molar-refractivity contribution >= 4 is 5.84 Å². The third kappa shape index (κ3) is 3.48. The quantitative estimate of drug-likeness (QED) is 0.579. The van der Waals surface area contributed by atoms with E-state index in [9.17, 15) is 0 Å². The van der Waals surface area contributed by atoms with Gasteiger partial charge in [0.2, 0.25) is 0 Å². The first-order chi connectivity index (χ1) is 7.60. The van der Waals surface area contributed by atoms with Crippen LogP contribution in [0, 0.1) is 5.92 Å². The lowest BCUT2D eigenvalue weighted by Crippen LogP contribution is -2.48. The van der Waals surface area contributed by atoms with E-state index in [1.807, 2.05) is 6.92 Å². The molecular weight excluding hydrogens is 200 g/mol. The fraction of sp³-hybridized carbons (Fsp3) is 0.923. The average molecular weight is 226 g/mol. The molecular formula is C13H26N2O. The molecule has 0 atom stereocenters. The molecule has 0 radical (unpaired) electrons.